The Labute approximate surface area is 76.6 Å². The minimum absolute atomic E-state index is 0.0333. The molecule has 0 aromatic rings. The Morgan fingerprint density at radius 1 is 1.54 bits per heavy atom. The monoisotopic (exact) mass is 184 g/mol. The standard InChI is InChI=1S/C8H12N2O3/c9-2-3-10-7(11)6-8-12-4-1-5-13-8/h8H,1,3-6H2,(H,10,11). The highest BCUT2D eigenvalue weighted by molar-refractivity contribution is 5.76. The fraction of sp³-hybridized carbons (Fsp3) is 0.750. The van der Waals surface area contributed by atoms with Crippen LogP contribution in [0.3, 0.4) is 0 Å². The maximum Gasteiger partial charge on any atom is 0.225 e. The summed E-state index contributed by atoms with van der Waals surface area (Å²) < 4.78 is 10.3. The Kier molecular flexibility index (Phi) is 4.23. The summed E-state index contributed by atoms with van der Waals surface area (Å²) in [6.07, 6.45) is 0.602. The van der Waals surface area contributed by atoms with Crippen LogP contribution in [0.5, 0.6) is 0 Å². The normalized spacial score (nSPS) is 17.8. The van der Waals surface area contributed by atoms with E-state index in [1.54, 1.807) is 0 Å². The van der Waals surface area contributed by atoms with Crippen LogP contribution in [0.15, 0.2) is 0 Å². The summed E-state index contributed by atoms with van der Waals surface area (Å²) in [5.41, 5.74) is 0. The molecule has 1 amide bonds. The highest BCUT2D eigenvalue weighted by Crippen LogP contribution is 2.07. The number of carbonyl (C=O) groups excluding carboxylic acids is 1. The molecule has 1 fully saturated rings. The zero-order valence-corrected chi connectivity index (χ0v) is 7.28. The van der Waals surface area contributed by atoms with Crippen molar-refractivity contribution in [3.63, 3.8) is 0 Å². The third-order valence-corrected chi connectivity index (χ3v) is 1.61. The molecule has 1 rings (SSSR count). The molecule has 1 aliphatic heterocycles. The van der Waals surface area contributed by atoms with Gasteiger partial charge in [0.15, 0.2) is 6.29 Å². The van der Waals surface area contributed by atoms with E-state index in [1.807, 2.05) is 6.07 Å². The molecule has 0 atom stereocenters. The number of rotatable bonds is 3. The summed E-state index contributed by atoms with van der Waals surface area (Å²) >= 11 is 0. The highest BCUT2D eigenvalue weighted by atomic mass is 16.7. The fourth-order valence-electron chi connectivity index (χ4n) is 1.02. The van der Waals surface area contributed by atoms with E-state index in [1.165, 1.54) is 0 Å². The first-order chi connectivity index (χ1) is 6.33. The second kappa shape index (κ2) is 5.51. The lowest BCUT2D eigenvalue weighted by Crippen LogP contribution is -2.33. The summed E-state index contributed by atoms with van der Waals surface area (Å²) in [5.74, 6) is -0.214. The highest BCUT2D eigenvalue weighted by Gasteiger charge is 2.17. The van der Waals surface area contributed by atoms with E-state index in [-0.39, 0.29) is 18.9 Å². The topological polar surface area (TPSA) is 71.4 Å². The minimum Gasteiger partial charge on any atom is -0.352 e. The molecule has 1 N–H and O–H groups in total. The number of nitrogens with zero attached hydrogens (tertiary/aromatic N) is 1. The predicted molar refractivity (Wildman–Crippen MR) is 43.5 cm³/mol. The molecular weight excluding hydrogens is 172 g/mol. The summed E-state index contributed by atoms with van der Waals surface area (Å²) in [6, 6.07) is 1.82. The first-order valence-corrected chi connectivity index (χ1v) is 4.20. The number of nitrogens with one attached hydrogen (secondary N) is 1. The van der Waals surface area contributed by atoms with Crippen LogP contribution < -0.4 is 5.32 Å². The second-order valence-corrected chi connectivity index (χ2v) is 2.66. The van der Waals surface area contributed by atoms with Crippen LogP contribution in [0.25, 0.3) is 0 Å². The molecule has 0 bridgehead atoms. The summed E-state index contributed by atoms with van der Waals surface area (Å²) in [7, 11) is 0. The third-order valence-electron chi connectivity index (χ3n) is 1.61. The lowest BCUT2D eigenvalue weighted by molar-refractivity contribution is -0.183. The first-order valence-electron chi connectivity index (χ1n) is 4.20. The molecule has 0 spiro atoms. The molecular formula is C8H12N2O3. The van der Waals surface area contributed by atoms with Gasteiger partial charge in [-0.25, -0.2) is 0 Å². The van der Waals surface area contributed by atoms with Gasteiger partial charge >= 0.3 is 0 Å². The van der Waals surface area contributed by atoms with Crippen LogP contribution in [0.1, 0.15) is 12.8 Å². The molecule has 1 heterocycles. The summed E-state index contributed by atoms with van der Waals surface area (Å²) in [5, 5.41) is 10.6. The van der Waals surface area contributed by atoms with Crippen LogP contribution in [-0.4, -0.2) is 32.0 Å². The van der Waals surface area contributed by atoms with E-state index in [4.69, 9.17) is 14.7 Å². The zero-order valence-electron chi connectivity index (χ0n) is 7.28. The van der Waals surface area contributed by atoms with E-state index in [0.717, 1.165) is 6.42 Å². The van der Waals surface area contributed by atoms with Crippen molar-refractivity contribution in [1.82, 2.24) is 5.32 Å². The number of hydrogen-bond acceptors (Lipinski definition) is 4. The van der Waals surface area contributed by atoms with Crippen LogP contribution in [0, 0.1) is 11.3 Å². The van der Waals surface area contributed by atoms with Gasteiger partial charge in [-0.2, -0.15) is 5.26 Å². The van der Waals surface area contributed by atoms with Gasteiger partial charge in [-0.15, -0.1) is 0 Å². The quantitative estimate of drug-likeness (QED) is 0.615. The van der Waals surface area contributed by atoms with Crippen molar-refractivity contribution in [1.29, 1.82) is 5.26 Å². The molecule has 0 radical (unpaired) electrons. The zero-order chi connectivity index (χ0) is 9.52. The average molecular weight is 184 g/mol. The van der Waals surface area contributed by atoms with Crippen molar-refractivity contribution >= 4 is 5.91 Å². The number of carbonyl (C=O) groups is 1. The van der Waals surface area contributed by atoms with Crippen molar-refractivity contribution in [3.05, 3.63) is 0 Å². The molecule has 0 saturated carbocycles. The van der Waals surface area contributed by atoms with Gasteiger partial charge < -0.3 is 14.8 Å². The summed E-state index contributed by atoms with van der Waals surface area (Å²) in [4.78, 5) is 11.0. The minimum atomic E-state index is -0.438. The van der Waals surface area contributed by atoms with Gasteiger partial charge in [0, 0.05) is 0 Å². The smallest absolute Gasteiger partial charge is 0.225 e. The average Bonchev–Trinajstić information content (AvgIpc) is 2.16. The van der Waals surface area contributed by atoms with Gasteiger partial charge in [-0.05, 0) is 6.42 Å². The fourth-order valence-corrected chi connectivity index (χ4v) is 1.02. The Bertz CT molecular complexity index is 206. The van der Waals surface area contributed by atoms with Crippen LogP contribution in [0.2, 0.25) is 0 Å². The molecule has 1 saturated heterocycles. The third kappa shape index (κ3) is 3.87. The molecule has 0 unspecified atom stereocenters. The first kappa shape index (κ1) is 9.96. The number of nitriles is 1. The molecule has 5 heteroatoms. The summed E-state index contributed by atoms with van der Waals surface area (Å²) in [6.45, 7) is 1.30. The Hall–Kier alpha value is -1.12. The number of ether oxygens (including phenoxy) is 2. The Balaban J connectivity index is 2.15. The van der Waals surface area contributed by atoms with Crippen molar-refractivity contribution in [2.24, 2.45) is 0 Å². The van der Waals surface area contributed by atoms with Crippen LogP contribution in [0.4, 0.5) is 0 Å². The van der Waals surface area contributed by atoms with Gasteiger partial charge in [0.2, 0.25) is 5.91 Å². The maximum absolute atomic E-state index is 11.0. The lowest BCUT2D eigenvalue weighted by atomic mass is 10.3. The Morgan fingerprint density at radius 2 is 2.23 bits per heavy atom. The molecule has 0 aromatic carbocycles. The predicted octanol–water partition coefficient (Wildman–Crippen LogP) is -0.221. The SMILES string of the molecule is N#CCNC(=O)CC1OCCCO1. The van der Waals surface area contributed by atoms with Gasteiger partial charge in [0.05, 0.1) is 25.7 Å². The van der Waals surface area contributed by atoms with Gasteiger partial charge in [0.25, 0.3) is 0 Å². The van der Waals surface area contributed by atoms with E-state index in [2.05, 4.69) is 5.32 Å². The molecule has 5 nitrogen and oxygen atoms in total. The number of amides is 1. The molecule has 13 heavy (non-hydrogen) atoms. The van der Waals surface area contributed by atoms with Gasteiger partial charge in [-0.1, -0.05) is 0 Å². The van der Waals surface area contributed by atoms with E-state index in [9.17, 15) is 4.79 Å². The molecule has 0 aromatic heterocycles. The van der Waals surface area contributed by atoms with Crippen LogP contribution in [-0.2, 0) is 14.3 Å². The van der Waals surface area contributed by atoms with Crippen molar-refractivity contribution in [2.45, 2.75) is 19.1 Å². The second-order valence-electron chi connectivity index (χ2n) is 2.66. The van der Waals surface area contributed by atoms with Gasteiger partial charge in [-0.3, -0.25) is 4.79 Å². The Morgan fingerprint density at radius 3 is 2.85 bits per heavy atom. The maximum atomic E-state index is 11.0. The van der Waals surface area contributed by atoms with Crippen LogP contribution >= 0.6 is 0 Å². The van der Waals surface area contributed by atoms with E-state index in [0.29, 0.717) is 13.2 Å². The van der Waals surface area contributed by atoms with Crippen molar-refractivity contribution in [3.8, 4) is 6.07 Å². The lowest BCUT2D eigenvalue weighted by Gasteiger charge is -2.22. The molecule has 72 valence electrons. The van der Waals surface area contributed by atoms with Gasteiger partial charge in [0.1, 0.15) is 6.54 Å². The van der Waals surface area contributed by atoms with Crippen molar-refractivity contribution in [2.75, 3.05) is 19.8 Å². The molecule has 1 aliphatic rings. The van der Waals surface area contributed by atoms with E-state index < -0.39 is 6.29 Å². The number of hydrogen-bond donors (Lipinski definition) is 1. The van der Waals surface area contributed by atoms with E-state index >= 15 is 0 Å². The molecule has 0 aliphatic carbocycles. The van der Waals surface area contributed by atoms with Crippen molar-refractivity contribution < 1.29 is 14.3 Å². The largest absolute Gasteiger partial charge is 0.352 e.